The van der Waals surface area contributed by atoms with E-state index in [4.69, 9.17) is 9.47 Å². The third-order valence-electron chi connectivity index (χ3n) is 6.11. The van der Waals surface area contributed by atoms with Gasteiger partial charge in [-0.25, -0.2) is 4.98 Å². The number of aromatic nitrogens is 1. The minimum Gasteiger partial charge on any atom is -0.474 e. The second-order valence-electron chi connectivity index (χ2n) is 8.91. The minimum absolute atomic E-state index is 0.0333. The lowest BCUT2D eigenvalue weighted by Crippen LogP contribution is -2.45. The lowest BCUT2D eigenvalue weighted by Gasteiger charge is -2.36. The first kappa shape index (κ1) is 21.6. The molecule has 2 aliphatic rings. The fourth-order valence-electron chi connectivity index (χ4n) is 4.59. The highest BCUT2D eigenvalue weighted by atomic mass is 16.5. The van der Waals surface area contributed by atoms with Gasteiger partial charge in [-0.3, -0.25) is 4.79 Å². The number of carbonyl (C=O) groups is 1. The number of pyridine rings is 1. The standard InChI is InChI=1S/C25H33N3O3/c1-17-5-4-6-24(26-17)31-23-13-7-20(8-14-23)25(29)27-21-9-11-22(12-10-21)28-15-18(2)30-19(3)16-28/h4-6,9-12,18-20,23H,7-8,13-16H2,1-3H3,(H,27,29)/t18-,19+,20?,23?. The Labute approximate surface area is 185 Å². The van der Waals surface area contributed by atoms with Crippen molar-refractivity contribution in [3.63, 3.8) is 0 Å². The van der Waals surface area contributed by atoms with Crippen LogP contribution in [0.2, 0.25) is 0 Å². The molecular formula is C25H33N3O3. The summed E-state index contributed by atoms with van der Waals surface area (Å²) in [6.07, 6.45) is 4.01. The summed E-state index contributed by atoms with van der Waals surface area (Å²) >= 11 is 0. The first-order valence-corrected chi connectivity index (χ1v) is 11.4. The Bertz CT molecular complexity index is 868. The summed E-state index contributed by atoms with van der Waals surface area (Å²) < 4.78 is 11.8. The lowest BCUT2D eigenvalue weighted by atomic mass is 9.86. The second-order valence-corrected chi connectivity index (χ2v) is 8.91. The third-order valence-corrected chi connectivity index (χ3v) is 6.11. The number of rotatable bonds is 5. The number of hydrogen-bond acceptors (Lipinski definition) is 5. The van der Waals surface area contributed by atoms with Crippen molar-refractivity contribution in [1.29, 1.82) is 0 Å². The van der Waals surface area contributed by atoms with Gasteiger partial charge in [0.25, 0.3) is 0 Å². The van der Waals surface area contributed by atoms with Gasteiger partial charge in [-0.2, -0.15) is 0 Å². The van der Waals surface area contributed by atoms with Crippen molar-refractivity contribution in [1.82, 2.24) is 4.98 Å². The van der Waals surface area contributed by atoms with Gasteiger partial charge in [-0.05, 0) is 76.8 Å². The molecule has 2 heterocycles. The van der Waals surface area contributed by atoms with E-state index in [2.05, 4.69) is 41.2 Å². The Morgan fingerprint density at radius 1 is 1.03 bits per heavy atom. The Morgan fingerprint density at radius 2 is 1.71 bits per heavy atom. The normalized spacial score (nSPS) is 26.4. The monoisotopic (exact) mass is 423 g/mol. The van der Waals surface area contributed by atoms with E-state index in [1.165, 1.54) is 5.69 Å². The van der Waals surface area contributed by atoms with E-state index in [-0.39, 0.29) is 30.1 Å². The molecule has 31 heavy (non-hydrogen) atoms. The van der Waals surface area contributed by atoms with Crippen LogP contribution in [-0.2, 0) is 9.53 Å². The van der Waals surface area contributed by atoms with Gasteiger partial charge in [-0.15, -0.1) is 0 Å². The van der Waals surface area contributed by atoms with Crippen molar-refractivity contribution in [3.05, 3.63) is 48.2 Å². The third kappa shape index (κ3) is 5.76. The number of aryl methyl sites for hydroxylation is 1. The molecule has 0 bridgehead atoms. The molecule has 1 saturated carbocycles. The van der Waals surface area contributed by atoms with E-state index in [0.29, 0.717) is 5.88 Å². The maximum absolute atomic E-state index is 12.8. The molecule has 0 unspecified atom stereocenters. The molecule has 1 aliphatic carbocycles. The number of nitrogens with zero attached hydrogens (tertiary/aromatic N) is 2. The fourth-order valence-corrected chi connectivity index (χ4v) is 4.59. The fraction of sp³-hybridized carbons (Fsp3) is 0.520. The summed E-state index contributed by atoms with van der Waals surface area (Å²) in [4.78, 5) is 19.5. The molecule has 0 spiro atoms. The second kappa shape index (κ2) is 9.69. The molecule has 166 valence electrons. The number of nitrogens with one attached hydrogen (secondary N) is 1. The van der Waals surface area contributed by atoms with Crippen molar-refractivity contribution >= 4 is 17.3 Å². The van der Waals surface area contributed by atoms with Gasteiger partial charge in [0.2, 0.25) is 11.8 Å². The van der Waals surface area contributed by atoms with Gasteiger partial charge < -0.3 is 19.7 Å². The van der Waals surface area contributed by atoms with Crippen LogP contribution in [0.5, 0.6) is 5.88 Å². The molecule has 2 aromatic rings. The SMILES string of the molecule is Cc1cccc(OC2CCC(C(=O)Nc3ccc(N4C[C@@H](C)O[C@@H](C)C4)cc3)CC2)n1. The Kier molecular flexibility index (Phi) is 6.76. The van der Waals surface area contributed by atoms with Crippen LogP contribution in [0.4, 0.5) is 11.4 Å². The molecule has 1 aromatic heterocycles. The summed E-state index contributed by atoms with van der Waals surface area (Å²) in [6.45, 7) is 7.95. The van der Waals surface area contributed by atoms with E-state index in [1.807, 2.05) is 37.3 Å². The average molecular weight is 424 g/mol. The summed E-state index contributed by atoms with van der Waals surface area (Å²) in [5, 5.41) is 3.10. The molecule has 1 saturated heterocycles. The quantitative estimate of drug-likeness (QED) is 0.763. The van der Waals surface area contributed by atoms with Crippen molar-refractivity contribution < 1.29 is 14.3 Å². The topological polar surface area (TPSA) is 63.7 Å². The molecule has 2 fully saturated rings. The highest BCUT2D eigenvalue weighted by Gasteiger charge is 2.28. The van der Waals surface area contributed by atoms with Gasteiger partial charge in [0, 0.05) is 42.1 Å². The zero-order valence-electron chi connectivity index (χ0n) is 18.7. The van der Waals surface area contributed by atoms with Gasteiger partial charge >= 0.3 is 0 Å². The van der Waals surface area contributed by atoms with Crippen LogP contribution >= 0.6 is 0 Å². The summed E-state index contributed by atoms with van der Waals surface area (Å²) in [5.41, 5.74) is 2.97. The van der Waals surface area contributed by atoms with Gasteiger partial charge in [-0.1, -0.05) is 6.07 Å². The van der Waals surface area contributed by atoms with Crippen LogP contribution < -0.4 is 15.0 Å². The highest BCUT2D eigenvalue weighted by Crippen LogP contribution is 2.29. The number of carbonyl (C=O) groups excluding carboxylic acids is 1. The first-order chi connectivity index (χ1) is 15.0. The summed E-state index contributed by atoms with van der Waals surface area (Å²) in [7, 11) is 0. The van der Waals surface area contributed by atoms with E-state index < -0.39 is 0 Å². The van der Waals surface area contributed by atoms with Crippen molar-refractivity contribution in [2.24, 2.45) is 5.92 Å². The zero-order valence-corrected chi connectivity index (χ0v) is 18.7. The maximum atomic E-state index is 12.8. The predicted molar refractivity (Wildman–Crippen MR) is 123 cm³/mol. The minimum atomic E-state index is 0.0333. The number of anilines is 2. The molecule has 0 radical (unpaired) electrons. The molecule has 1 N–H and O–H groups in total. The summed E-state index contributed by atoms with van der Waals surface area (Å²) in [5.74, 6) is 0.816. The number of ether oxygens (including phenoxy) is 2. The molecule has 1 amide bonds. The van der Waals surface area contributed by atoms with Crippen LogP contribution in [-0.4, -0.2) is 42.3 Å². The molecule has 4 rings (SSSR count). The van der Waals surface area contributed by atoms with Crippen LogP contribution in [0.1, 0.15) is 45.2 Å². The van der Waals surface area contributed by atoms with Crippen LogP contribution in [0, 0.1) is 12.8 Å². The van der Waals surface area contributed by atoms with E-state index in [1.54, 1.807) is 0 Å². The van der Waals surface area contributed by atoms with Crippen LogP contribution in [0.25, 0.3) is 0 Å². The molecule has 6 heteroatoms. The van der Waals surface area contributed by atoms with Crippen molar-refractivity contribution in [2.75, 3.05) is 23.3 Å². The largest absolute Gasteiger partial charge is 0.474 e. The Morgan fingerprint density at radius 3 is 2.35 bits per heavy atom. The Balaban J connectivity index is 1.26. The number of benzene rings is 1. The molecule has 6 nitrogen and oxygen atoms in total. The summed E-state index contributed by atoms with van der Waals surface area (Å²) in [6, 6.07) is 14.0. The highest BCUT2D eigenvalue weighted by molar-refractivity contribution is 5.92. The number of amides is 1. The first-order valence-electron chi connectivity index (χ1n) is 11.4. The molecular weight excluding hydrogens is 390 g/mol. The number of morpholine rings is 1. The molecule has 1 aromatic carbocycles. The van der Waals surface area contributed by atoms with Gasteiger partial charge in [0.15, 0.2) is 0 Å². The van der Waals surface area contributed by atoms with Gasteiger partial charge in [0.1, 0.15) is 6.10 Å². The van der Waals surface area contributed by atoms with Crippen LogP contribution in [0.15, 0.2) is 42.5 Å². The molecule has 2 atom stereocenters. The maximum Gasteiger partial charge on any atom is 0.227 e. The van der Waals surface area contributed by atoms with Crippen LogP contribution in [0.3, 0.4) is 0 Å². The average Bonchev–Trinajstić information content (AvgIpc) is 2.74. The zero-order chi connectivity index (χ0) is 21.8. The van der Waals surface area contributed by atoms with Gasteiger partial charge in [0.05, 0.1) is 12.2 Å². The van der Waals surface area contributed by atoms with E-state index >= 15 is 0 Å². The molecule has 1 aliphatic heterocycles. The van der Waals surface area contributed by atoms with Crippen molar-refractivity contribution in [3.8, 4) is 5.88 Å². The van der Waals surface area contributed by atoms with Crippen molar-refractivity contribution in [2.45, 2.75) is 64.8 Å². The smallest absolute Gasteiger partial charge is 0.227 e. The number of hydrogen-bond donors (Lipinski definition) is 1. The van der Waals surface area contributed by atoms with E-state index in [9.17, 15) is 4.79 Å². The van der Waals surface area contributed by atoms with E-state index in [0.717, 1.165) is 50.2 Å². The lowest BCUT2D eigenvalue weighted by molar-refractivity contribution is -0.121. The Hall–Kier alpha value is -2.60. The predicted octanol–water partition coefficient (Wildman–Crippen LogP) is 4.58.